The van der Waals surface area contributed by atoms with E-state index in [0.29, 0.717) is 32.0 Å². The Morgan fingerprint density at radius 2 is 1.73 bits per heavy atom. The van der Waals surface area contributed by atoms with Crippen LogP contribution in [-0.4, -0.2) is 60.0 Å². The van der Waals surface area contributed by atoms with E-state index in [-0.39, 0.29) is 5.56 Å². The second kappa shape index (κ2) is 9.42. The van der Waals surface area contributed by atoms with Gasteiger partial charge in [-0.05, 0) is 24.6 Å². The Labute approximate surface area is 173 Å². The van der Waals surface area contributed by atoms with Crippen LogP contribution in [0.3, 0.4) is 0 Å². The van der Waals surface area contributed by atoms with Gasteiger partial charge >= 0.3 is 11.4 Å². The zero-order chi connectivity index (χ0) is 21.7. The summed E-state index contributed by atoms with van der Waals surface area (Å²) >= 11 is 0. The fraction of sp³-hybridized carbons (Fsp3) is 0.350. The Kier molecular flexibility index (Phi) is 6.70. The number of hydrogen-bond acceptors (Lipinski definition) is 7. The molecule has 1 heterocycles. The monoisotopic (exact) mass is 414 g/mol. The summed E-state index contributed by atoms with van der Waals surface area (Å²) in [5.74, 6) is -0.449. The molecule has 1 fully saturated rings. The third-order valence-corrected chi connectivity index (χ3v) is 5.01. The third-order valence-electron chi connectivity index (χ3n) is 5.01. The van der Waals surface area contributed by atoms with Gasteiger partial charge in [-0.15, -0.1) is 0 Å². The maximum atomic E-state index is 13.3. The Hall–Kier alpha value is -3.37. The molecule has 158 valence electrons. The number of morpholine rings is 1. The number of carbonyl (C=O) groups excluding carboxylic acids is 1. The largest absolute Gasteiger partial charge is 0.379 e. The number of para-hydroxylation sites is 1. The van der Waals surface area contributed by atoms with Gasteiger partial charge in [0, 0.05) is 49.6 Å². The van der Waals surface area contributed by atoms with Crippen LogP contribution in [0.1, 0.15) is 15.9 Å². The van der Waals surface area contributed by atoms with Crippen molar-refractivity contribution in [1.29, 1.82) is 0 Å². The van der Waals surface area contributed by atoms with Crippen LogP contribution in [0.15, 0.2) is 42.5 Å². The first kappa shape index (κ1) is 21.3. The standard InChI is InChI=1S/C20H22N4O6/c1-15-4-2-3-5-17(15)22(9-8-21-10-12-30-13-11-21)20(25)16-6-7-18(23(26)27)19(14-16)24(28)29/h2-7,14H,8-13H2,1H3. The summed E-state index contributed by atoms with van der Waals surface area (Å²) in [4.78, 5) is 37.7. The topological polar surface area (TPSA) is 119 Å². The number of nitro benzene ring substituents is 2. The highest BCUT2D eigenvalue weighted by Gasteiger charge is 2.28. The minimum Gasteiger partial charge on any atom is -0.379 e. The highest BCUT2D eigenvalue weighted by Crippen LogP contribution is 2.29. The predicted octanol–water partition coefficient (Wildman–Crippen LogP) is 2.79. The summed E-state index contributed by atoms with van der Waals surface area (Å²) in [5, 5.41) is 22.4. The van der Waals surface area contributed by atoms with E-state index in [1.807, 2.05) is 31.2 Å². The normalized spacial score (nSPS) is 14.3. The van der Waals surface area contributed by atoms with Gasteiger partial charge in [0.1, 0.15) is 0 Å². The zero-order valence-electron chi connectivity index (χ0n) is 16.5. The van der Waals surface area contributed by atoms with Crippen LogP contribution in [0.5, 0.6) is 0 Å². The minimum atomic E-state index is -0.846. The molecule has 30 heavy (non-hydrogen) atoms. The Bertz CT molecular complexity index is 958. The molecule has 10 nitrogen and oxygen atoms in total. The van der Waals surface area contributed by atoms with Gasteiger partial charge in [0.2, 0.25) is 0 Å². The zero-order valence-corrected chi connectivity index (χ0v) is 16.5. The average molecular weight is 414 g/mol. The highest BCUT2D eigenvalue weighted by atomic mass is 16.6. The molecule has 1 aliphatic heterocycles. The molecule has 0 saturated carbocycles. The van der Waals surface area contributed by atoms with Gasteiger partial charge in [0.15, 0.2) is 0 Å². The van der Waals surface area contributed by atoms with E-state index in [9.17, 15) is 25.0 Å². The molecule has 0 aliphatic carbocycles. The third kappa shape index (κ3) is 4.78. The predicted molar refractivity (Wildman–Crippen MR) is 110 cm³/mol. The van der Waals surface area contributed by atoms with E-state index < -0.39 is 27.1 Å². The molecular weight excluding hydrogens is 392 g/mol. The number of ether oxygens (including phenoxy) is 1. The van der Waals surface area contributed by atoms with Gasteiger partial charge in [-0.1, -0.05) is 18.2 Å². The van der Waals surface area contributed by atoms with Crippen LogP contribution >= 0.6 is 0 Å². The summed E-state index contributed by atoms with van der Waals surface area (Å²) in [6.45, 7) is 5.65. The first-order chi connectivity index (χ1) is 14.4. The van der Waals surface area contributed by atoms with Crippen LogP contribution in [0.2, 0.25) is 0 Å². The molecule has 1 amide bonds. The second-order valence-corrected chi connectivity index (χ2v) is 6.92. The highest BCUT2D eigenvalue weighted by molar-refractivity contribution is 6.07. The second-order valence-electron chi connectivity index (χ2n) is 6.92. The smallest absolute Gasteiger partial charge is 0.346 e. The number of carbonyl (C=O) groups is 1. The van der Waals surface area contributed by atoms with E-state index in [4.69, 9.17) is 4.74 Å². The molecule has 0 unspecified atom stereocenters. The Morgan fingerprint density at radius 3 is 2.37 bits per heavy atom. The van der Waals surface area contributed by atoms with Crippen molar-refractivity contribution in [2.45, 2.75) is 6.92 Å². The van der Waals surface area contributed by atoms with E-state index in [1.165, 1.54) is 6.07 Å². The van der Waals surface area contributed by atoms with Gasteiger partial charge < -0.3 is 9.64 Å². The van der Waals surface area contributed by atoms with Crippen LogP contribution in [0.4, 0.5) is 17.1 Å². The van der Waals surface area contributed by atoms with E-state index in [0.717, 1.165) is 30.8 Å². The fourth-order valence-corrected chi connectivity index (χ4v) is 3.38. The molecule has 0 spiro atoms. The number of aryl methyl sites for hydroxylation is 1. The molecule has 0 aromatic heterocycles. The summed E-state index contributed by atoms with van der Waals surface area (Å²) in [5.41, 5.74) is 0.245. The fourth-order valence-electron chi connectivity index (χ4n) is 3.38. The summed E-state index contributed by atoms with van der Waals surface area (Å²) in [7, 11) is 0. The lowest BCUT2D eigenvalue weighted by molar-refractivity contribution is -0.422. The maximum Gasteiger partial charge on any atom is 0.346 e. The Balaban J connectivity index is 1.93. The van der Waals surface area contributed by atoms with E-state index >= 15 is 0 Å². The molecule has 2 aromatic rings. The number of benzene rings is 2. The molecule has 2 aromatic carbocycles. The average Bonchev–Trinajstić information content (AvgIpc) is 2.75. The molecule has 1 saturated heterocycles. The number of amides is 1. The van der Waals surface area contributed by atoms with Crippen molar-refractivity contribution >= 4 is 23.0 Å². The van der Waals surface area contributed by atoms with Crippen LogP contribution in [-0.2, 0) is 4.74 Å². The molecule has 10 heteroatoms. The molecule has 0 radical (unpaired) electrons. The minimum absolute atomic E-state index is 0.0255. The van der Waals surface area contributed by atoms with Crippen molar-refractivity contribution in [2.75, 3.05) is 44.3 Å². The number of rotatable bonds is 7. The van der Waals surface area contributed by atoms with Gasteiger partial charge in [-0.25, -0.2) is 0 Å². The summed E-state index contributed by atoms with van der Waals surface area (Å²) in [6.07, 6.45) is 0. The number of hydrogen-bond donors (Lipinski definition) is 0. The maximum absolute atomic E-state index is 13.3. The van der Waals surface area contributed by atoms with Gasteiger partial charge in [-0.3, -0.25) is 29.9 Å². The van der Waals surface area contributed by atoms with Crippen molar-refractivity contribution in [1.82, 2.24) is 4.90 Å². The van der Waals surface area contributed by atoms with Crippen molar-refractivity contribution in [3.8, 4) is 0 Å². The van der Waals surface area contributed by atoms with Crippen molar-refractivity contribution in [2.24, 2.45) is 0 Å². The van der Waals surface area contributed by atoms with Gasteiger partial charge in [0.25, 0.3) is 5.91 Å². The SMILES string of the molecule is Cc1ccccc1N(CCN1CCOCC1)C(=O)c1ccc([N+](=O)[O-])c([N+](=O)[O-])c1. The quantitative estimate of drug-likeness (QED) is 0.505. The van der Waals surface area contributed by atoms with E-state index in [1.54, 1.807) is 4.90 Å². The number of nitro groups is 2. The first-order valence-electron chi connectivity index (χ1n) is 9.49. The van der Waals surface area contributed by atoms with Crippen molar-refractivity contribution < 1.29 is 19.4 Å². The lowest BCUT2D eigenvalue weighted by Gasteiger charge is -2.30. The molecule has 3 rings (SSSR count). The van der Waals surface area contributed by atoms with E-state index in [2.05, 4.69) is 4.90 Å². The first-order valence-corrected chi connectivity index (χ1v) is 9.49. The van der Waals surface area contributed by atoms with Crippen LogP contribution in [0.25, 0.3) is 0 Å². The molecule has 0 N–H and O–H groups in total. The summed E-state index contributed by atoms with van der Waals surface area (Å²) < 4.78 is 5.35. The van der Waals surface area contributed by atoms with Gasteiger partial charge in [-0.2, -0.15) is 0 Å². The van der Waals surface area contributed by atoms with Crippen LogP contribution < -0.4 is 4.90 Å². The lowest BCUT2D eigenvalue weighted by Crippen LogP contribution is -2.43. The van der Waals surface area contributed by atoms with Gasteiger partial charge in [0.05, 0.1) is 23.1 Å². The molecule has 1 aliphatic rings. The lowest BCUT2D eigenvalue weighted by atomic mass is 10.1. The number of anilines is 1. The van der Waals surface area contributed by atoms with Crippen LogP contribution in [0, 0.1) is 27.2 Å². The Morgan fingerprint density at radius 1 is 1.07 bits per heavy atom. The summed E-state index contributed by atoms with van der Waals surface area (Å²) in [6, 6.07) is 10.6. The van der Waals surface area contributed by atoms with Crippen molar-refractivity contribution in [3.63, 3.8) is 0 Å². The molecule has 0 atom stereocenters. The number of nitrogens with zero attached hydrogens (tertiary/aromatic N) is 4. The van der Waals surface area contributed by atoms with Crippen molar-refractivity contribution in [3.05, 3.63) is 73.8 Å². The molecule has 0 bridgehead atoms. The molecular formula is C20H22N4O6.